The molecule has 2 aromatic carbocycles. The van der Waals surface area contributed by atoms with Crippen molar-refractivity contribution < 1.29 is 19.2 Å². The van der Waals surface area contributed by atoms with Crippen molar-refractivity contribution in [2.75, 3.05) is 7.11 Å². The lowest BCUT2D eigenvalue weighted by Crippen LogP contribution is -2.32. The highest BCUT2D eigenvalue weighted by molar-refractivity contribution is 5.78. The Morgan fingerprint density at radius 1 is 1.04 bits per heavy atom. The van der Waals surface area contributed by atoms with Gasteiger partial charge in [-0.15, -0.1) is 0 Å². The zero-order valence-corrected chi connectivity index (χ0v) is 14.3. The molecule has 0 bridgehead atoms. The molecule has 0 saturated carbocycles. The summed E-state index contributed by atoms with van der Waals surface area (Å²) in [7, 11) is 1.58. The predicted octanol–water partition coefficient (Wildman–Crippen LogP) is 2.51. The fourth-order valence-corrected chi connectivity index (χ4v) is 2.34. The summed E-state index contributed by atoms with van der Waals surface area (Å²) in [6.45, 7) is 1.69. The van der Waals surface area contributed by atoms with E-state index in [1.54, 1.807) is 19.2 Å². The van der Waals surface area contributed by atoms with Gasteiger partial charge < -0.3 is 10.1 Å². The molecule has 2 aromatic rings. The van der Waals surface area contributed by atoms with Crippen LogP contribution in [-0.4, -0.2) is 18.9 Å². The van der Waals surface area contributed by atoms with Crippen LogP contribution in [0.4, 0.5) is 0 Å². The van der Waals surface area contributed by atoms with Crippen LogP contribution in [0.1, 0.15) is 30.5 Å². The molecule has 0 aliphatic carbocycles. The molecule has 0 aliphatic rings. The second-order valence-corrected chi connectivity index (χ2v) is 5.53. The van der Waals surface area contributed by atoms with E-state index in [1.165, 1.54) is 6.92 Å². The van der Waals surface area contributed by atoms with Gasteiger partial charge in [-0.05, 0) is 23.3 Å². The van der Waals surface area contributed by atoms with E-state index in [1.807, 2.05) is 42.5 Å². The average Bonchev–Trinajstić information content (AvgIpc) is 2.62. The first-order valence-corrected chi connectivity index (χ1v) is 7.94. The molecule has 0 spiro atoms. The van der Waals surface area contributed by atoms with Crippen molar-refractivity contribution in [2.24, 2.45) is 0 Å². The molecule has 2 rings (SSSR count). The van der Waals surface area contributed by atoms with Gasteiger partial charge in [0.1, 0.15) is 5.75 Å². The van der Waals surface area contributed by atoms with E-state index in [2.05, 4.69) is 10.8 Å². The third-order valence-electron chi connectivity index (χ3n) is 3.55. The molecule has 6 heteroatoms. The SMILES string of the molecule is COc1ccc(C(CC(=O)NOCc2ccccc2)NC(C)=O)cc1. The lowest BCUT2D eigenvalue weighted by Gasteiger charge is -2.18. The Morgan fingerprint density at radius 2 is 1.72 bits per heavy atom. The molecule has 1 atom stereocenters. The van der Waals surface area contributed by atoms with Crippen molar-refractivity contribution in [3.63, 3.8) is 0 Å². The van der Waals surface area contributed by atoms with Gasteiger partial charge >= 0.3 is 0 Å². The summed E-state index contributed by atoms with van der Waals surface area (Å²) >= 11 is 0. The summed E-state index contributed by atoms with van der Waals surface area (Å²) in [5.74, 6) is 0.185. The first-order chi connectivity index (χ1) is 12.1. The van der Waals surface area contributed by atoms with E-state index in [0.29, 0.717) is 5.75 Å². The normalized spacial score (nSPS) is 11.4. The Balaban J connectivity index is 1.91. The van der Waals surface area contributed by atoms with Crippen molar-refractivity contribution in [3.05, 3.63) is 65.7 Å². The standard InChI is InChI=1S/C19H22N2O4/c1-14(22)20-18(16-8-10-17(24-2)11-9-16)12-19(23)21-25-13-15-6-4-3-5-7-15/h3-11,18H,12-13H2,1-2H3,(H,20,22)(H,21,23). The molecular formula is C19H22N2O4. The van der Waals surface area contributed by atoms with Crippen LogP contribution in [0.25, 0.3) is 0 Å². The largest absolute Gasteiger partial charge is 0.497 e. The van der Waals surface area contributed by atoms with Crippen molar-refractivity contribution in [2.45, 2.75) is 26.0 Å². The van der Waals surface area contributed by atoms with E-state index in [4.69, 9.17) is 9.57 Å². The van der Waals surface area contributed by atoms with E-state index in [9.17, 15) is 9.59 Å². The lowest BCUT2D eigenvalue weighted by molar-refractivity contribution is -0.135. The van der Waals surface area contributed by atoms with Crippen LogP contribution < -0.4 is 15.5 Å². The molecule has 1 unspecified atom stereocenters. The Bertz CT molecular complexity index is 686. The Hall–Kier alpha value is -2.86. The number of benzene rings is 2. The summed E-state index contributed by atoms with van der Waals surface area (Å²) in [4.78, 5) is 28.8. The molecule has 0 fully saturated rings. The van der Waals surface area contributed by atoms with Gasteiger partial charge in [0.25, 0.3) is 0 Å². The minimum atomic E-state index is -0.441. The Morgan fingerprint density at radius 3 is 2.32 bits per heavy atom. The molecule has 0 heterocycles. The third kappa shape index (κ3) is 6.27. The minimum absolute atomic E-state index is 0.0701. The summed E-state index contributed by atoms with van der Waals surface area (Å²) in [6, 6.07) is 16.3. The lowest BCUT2D eigenvalue weighted by atomic mass is 10.0. The molecule has 132 valence electrons. The molecule has 0 radical (unpaired) electrons. The number of ether oxygens (including phenoxy) is 1. The average molecular weight is 342 g/mol. The molecule has 2 N–H and O–H groups in total. The van der Waals surface area contributed by atoms with Gasteiger partial charge in [0.15, 0.2) is 0 Å². The van der Waals surface area contributed by atoms with Gasteiger partial charge in [-0.3, -0.25) is 14.4 Å². The summed E-state index contributed by atoms with van der Waals surface area (Å²) < 4.78 is 5.12. The maximum Gasteiger partial charge on any atom is 0.245 e. The first kappa shape index (κ1) is 18.5. The maximum atomic E-state index is 12.1. The Kier molecular flexibility index (Phi) is 6.98. The fraction of sp³-hybridized carbons (Fsp3) is 0.263. The van der Waals surface area contributed by atoms with Crippen LogP contribution in [0.2, 0.25) is 0 Å². The Labute approximate surface area is 147 Å². The van der Waals surface area contributed by atoms with Gasteiger partial charge in [0, 0.05) is 6.92 Å². The molecule has 2 amide bonds. The van der Waals surface area contributed by atoms with Crippen LogP contribution in [0.15, 0.2) is 54.6 Å². The summed E-state index contributed by atoms with van der Waals surface area (Å²) in [6.07, 6.45) is 0.0701. The number of hydrogen-bond donors (Lipinski definition) is 2. The van der Waals surface area contributed by atoms with Crippen molar-refractivity contribution in [1.82, 2.24) is 10.8 Å². The number of rotatable bonds is 8. The zero-order chi connectivity index (χ0) is 18.1. The van der Waals surface area contributed by atoms with Gasteiger partial charge in [-0.1, -0.05) is 42.5 Å². The maximum absolute atomic E-state index is 12.1. The van der Waals surface area contributed by atoms with E-state index >= 15 is 0 Å². The van der Waals surface area contributed by atoms with E-state index in [-0.39, 0.29) is 24.8 Å². The number of methoxy groups -OCH3 is 1. The topological polar surface area (TPSA) is 76.7 Å². The smallest absolute Gasteiger partial charge is 0.245 e. The van der Waals surface area contributed by atoms with Crippen LogP contribution in [0.5, 0.6) is 5.75 Å². The highest BCUT2D eigenvalue weighted by atomic mass is 16.6. The molecule has 0 aliphatic heterocycles. The first-order valence-electron chi connectivity index (χ1n) is 7.94. The monoisotopic (exact) mass is 342 g/mol. The van der Waals surface area contributed by atoms with Gasteiger partial charge in [-0.25, -0.2) is 5.48 Å². The van der Waals surface area contributed by atoms with Crippen LogP contribution in [-0.2, 0) is 21.0 Å². The van der Waals surface area contributed by atoms with Crippen LogP contribution >= 0.6 is 0 Å². The van der Waals surface area contributed by atoms with Gasteiger partial charge in [-0.2, -0.15) is 0 Å². The quantitative estimate of drug-likeness (QED) is 0.723. The predicted molar refractivity (Wildman–Crippen MR) is 93.5 cm³/mol. The summed E-state index contributed by atoms with van der Waals surface area (Å²) in [5, 5.41) is 2.78. The van der Waals surface area contributed by atoms with E-state index < -0.39 is 6.04 Å². The second kappa shape index (κ2) is 9.44. The number of carbonyl (C=O) groups excluding carboxylic acids is 2. The highest BCUT2D eigenvalue weighted by Gasteiger charge is 2.17. The number of hydroxylamine groups is 1. The number of carbonyl (C=O) groups is 2. The van der Waals surface area contributed by atoms with Crippen LogP contribution in [0.3, 0.4) is 0 Å². The number of amides is 2. The molecule has 0 saturated heterocycles. The van der Waals surface area contributed by atoms with Crippen molar-refractivity contribution in [3.8, 4) is 5.75 Å². The van der Waals surface area contributed by atoms with Crippen LogP contribution in [0, 0.1) is 0 Å². The molecule has 0 aromatic heterocycles. The fourth-order valence-electron chi connectivity index (χ4n) is 2.34. The van der Waals surface area contributed by atoms with E-state index in [0.717, 1.165) is 11.1 Å². The molecule has 25 heavy (non-hydrogen) atoms. The summed E-state index contributed by atoms with van der Waals surface area (Å²) in [5.41, 5.74) is 4.18. The second-order valence-electron chi connectivity index (χ2n) is 5.53. The van der Waals surface area contributed by atoms with Gasteiger partial charge in [0.05, 0.1) is 26.2 Å². The highest BCUT2D eigenvalue weighted by Crippen LogP contribution is 2.20. The third-order valence-corrected chi connectivity index (χ3v) is 3.55. The zero-order valence-electron chi connectivity index (χ0n) is 14.3. The number of hydrogen-bond acceptors (Lipinski definition) is 4. The van der Waals surface area contributed by atoms with Gasteiger partial charge in [0.2, 0.25) is 11.8 Å². The number of nitrogens with one attached hydrogen (secondary N) is 2. The minimum Gasteiger partial charge on any atom is -0.497 e. The molecule has 6 nitrogen and oxygen atoms in total. The molecular weight excluding hydrogens is 320 g/mol. The van der Waals surface area contributed by atoms with Crippen molar-refractivity contribution in [1.29, 1.82) is 0 Å². The van der Waals surface area contributed by atoms with Crippen molar-refractivity contribution >= 4 is 11.8 Å².